The Morgan fingerprint density at radius 2 is 2.14 bits per heavy atom. The lowest BCUT2D eigenvalue weighted by molar-refractivity contribution is 0.597. The van der Waals surface area contributed by atoms with Crippen LogP contribution in [0.15, 0.2) is 41.4 Å². The number of rotatable bonds is 2. The minimum absolute atomic E-state index is 0.187. The van der Waals surface area contributed by atoms with E-state index in [1.165, 1.54) is 6.07 Å². The Kier molecular flexibility index (Phi) is 2.63. The number of benzene rings is 1. The number of aromatic nitrogens is 2. The second kappa shape index (κ2) is 3.92. The molecule has 0 amide bonds. The molecule has 0 radical (unpaired) electrons. The van der Waals surface area contributed by atoms with Gasteiger partial charge in [-0.3, -0.25) is 0 Å². The van der Waals surface area contributed by atoms with Crippen molar-refractivity contribution in [2.45, 2.75) is 6.54 Å². The highest BCUT2D eigenvalue weighted by atomic mass is 79.9. The molecule has 0 aliphatic rings. The van der Waals surface area contributed by atoms with Crippen LogP contribution < -0.4 is 0 Å². The van der Waals surface area contributed by atoms with Gasteiger partial charge in [0.15, 0.2) is 4.73 Å². The number of nitrogens with zero attached hydrogens (tertiary/aromatic N) is 2. The van der Waals surface area contributed by atoms with Gasteiger partial charge in [0.25, 0.3) is 0 Å². The van der Waals surface area contributed by atoms with E-state index in [9.17, 15) is 4.39 Å². The van der Waals surface area contributed by atoms with Gasteiger partial charge in [0.2, 0.25) is 0 Å². The molecule has 1 aromatic carbocycles. The monoisotopic (exact) mass is 254 g/mol. The Balaban J connectivity index is 2.28. The third kappa shape index (κ3) is 1.85. The number of halogens is 2. The second-order valence-electron chi connectivity index (χ2n) is 2.92. The van der Waals surface area contributed by atoms with Crippen LogP contribution in [0.2, 0.25) is 0 Å². The fourth-order valence-corrected chi connectivity index (χ4v) is 1.60. The lowest BCUT2D eigenvalue weighted by Gasteiger charge is -2.04. The van der Waals surface area contributed by atoms with Crippen molar-refractivity contribution in [1.82, 2.24) is 9.55 Å². The average molecular weight is 255 g/mol. The second-order valence-corrected chi connectivity index (χ2v) is 3.62. The predicted molar refractivity (Wildman–Crippen MR) is 55.4 cm³/mol. The van der Waals surface area contributed by atoms with Crippen LogP contribution in [0.1, 0.15) is 5.56 Å². The van der Waals surface area contributed by atoms with Gasteiger partial charge in [0, 0.05) is 18.0 Å². The molecule has 2 nitrogen and oxygen atoms in total. The molecule has 0 unspecified atom stereocenters. The normalized spacial score (nSPS) is 10.4. The topological polar surface area (TPSA) is 17.8 Å². The van der Waals surface area contributed by atoms with Gasteiger partial charge in [0.1, 0.15) is 5.82 Å². The van der Waals surface area contributed by atoms with Crippen LogP contribution in [0.3, 0.4) is 0 Å². The molecule has 14 heavy (non-hydrogen) atoms. The summed E-state index contributed by atoms with van der Waals surface area (Å²) in [5.41, 5.74) is 0.659. The molecule has 1 heterocycles. The summed E-state index contributed by atoms with van der Waals surface area (Å²) in [6.07, 6.45) is 3.47. The minimum Gasteiger partial charge on any atom is -0.321 e. The van der Waals surface area contributed by atoms with Crippen molar-refractivity contribution in [3.05, 3.63) is 52.8 Å². The van der Waals surface area contributed by atoms with E-state index < -0.39 is 0 Å². The third-order valence-corrected chi connectivity index (χ3v) is 2.62. The van der Waals surface area contributed by atoms with Crippen LogP contribution in [0, 0.1) is 5.82 Å². The molecule has 4 heteroatoms. The zero-order chi connectivity index (χ0) is 9.97. The van der Waals surface area contributed by atoms with Crippen LogP contribution in [-0.2, 0) is 6.54 Å². The van der Waals surface area contributed by atoms with Gasteiger partial charge >= 0.3 is 0 Å². The van der Waals surface area contributed by atoms with E-state index in [1.54, 1.807) is 24.5 Å². The van der Waals surface area contributed by atoms with E-state index in [0.717, 1.165) is 0 Å². The van der Waals surface area contributed by atoms with Crippen molar-refractivity contribution in [1.29, 1.82) is 0 Å². The SMILES string of the molecule is Fc1ccccc1Cn1ccnc1Br. The first-order chi connectivity index (χ1) is 6.77. The molecule has 2 rings (SSSR count). The first kappa shape index (κ1) is 9.40. The number of imidazole rings is 1. The minimum atomic E-state index is -0.187. The Morgan fingerprint density at radius 3 is 2.79 bits per heavy atom. The van der Waals surface area contributed by atoms with E-state index in [4.69, 9.17) is 0 Å². The van der Waals surface area contributed by atoms with Crippen molar-refractivity contribution < 1.29 is 4.39 Å². The standard InChI is InChI=1S/C10H8BrFN2/c11-10-13-5-6-14(10)7-8-3-1-2-4-9(8)12/h1-6H,7H2. The van der Waals surface area contributed by atoms with Crippen molar-refractivity contribution in [3.63, 3.8) is 0 Å². The maximum Gasteiger partial charge on any atom is 0.177 e. The zero-order valence-electron chi connectivity index (χ0n) is 7.32. The predicted octanol–water partition coefficient (Wildman–Crippen LogP) is 2.83. The molecule has 0 spiro atoms. The van der Waals surface area contributed by atoms with Gasteiger partial charge in [0.05, 0.1) is 6.54 Å². The molecule has 0 fully saturated rings. The summed E-state index contributed by atoms with van der Waals surface area (Å²) in [5.74, 6) is -0.187. The van der Waals surface area contributed by atoms with Gasteiger partial charge in [-0.05, 0) is 22.0 Å². The van der Waals surface area contributed by atoms with E-state index >= 15 is 0 Å². The van der Waals surface area contributed by atoms with E-state index in [0.29, 0.717) is 16.8 Å². The Labute approximate surface area is 89.5 Å². The van der Waals surface area contributed by atoms with Crippen molar-refractivity contribution >= 4 is 15.9 Å². The molecule has 1 aromatic heterocycles. The molecule has 2 aromatic rings. The number of hydrogen-bond acceptors (Lipinski definition) is 1. The van der Waals surface area contributed by atoms with Crippen molar-refractivity contribution in [2.75, 3.05) is 0 Å². The molecule has 0 saturated heterocycles. The van der Waals surface area contributed by atoms with Crippen LogP contribution >= 0.6 is 15.9 Å². The highest BCUT2D eigenvalue weighted by Gasteiger charge is 2.03. The summed E-state index contributed by atoms with van der Waals surface area (Å²) < 4.78 is 15.8. The number of hydrogen-bond donors (Lipinski definition) is 0. The molecule has 0 N–H and O–H groups in total. The van der Waals surface area contributed by atoms with Gasteiger partial charge in [-0.2, -0.15) is 0 Å². The van der Waals surface area contributed by atoms with Crippen LogP contribution in [0.25, 0.3) is 0 Å². The molecule has 0 saturated carbocycles. The van der Waals surface area contributed by atoms with Gasteiger partial charge in [-0.25, -0.2) is 9.37 Å². The summed E-state index contributed by atoms with van der Waals surface area (Å²) >= 11 is 3.28. The molecule has 0 aliphatic carbocycles. The summed E-state index contributed by atoms with van der Waals surface area (Å²) in [6.45, 7) is 0.493. The first-order valence-corrected chi connectivity index (χ1v) is 4.97. The quantitative estimate of drug-likeness (QED) is 0.806. The van der Waals surface area contributed by atoms with Crippen LogP contribution in [0.4, 0.5) is 4.39 Å². The van der Waals surface area contributed by atoms with Crippen LogP contribution in [-0.4, -0.2) is 9.55 Å². The van der Waals surface area contributed by atoms with Crippen LogP contribution in [0.5, 0.6) is 0 Å². The fourth-order valence-electron chi connectivity index (χ4n) is 1.24. The molecule has 0 aliphatic heterocycles. The zero-order valence-corrected chi connectivity index (χ0v) is 8.91. The fraction of sp³-hybridized carbons (Fsp3) is 0.100. The summed E-state index contributed by atoms with van der Waals surface area (Å²) in [4.78, 5) is 4.00. The van der Waals surface area contributed by atoms with Gasteiger partial charge in [-0.15, -0.1) is 0 Å². The Morgan fingerprint density at radius 1 is 1.36 bits per heavy atom. The van der Waals surface area contributed by atoms with E-state index in [-0.39, 0.29) is 5.82 Å². The maximum absolute atomic E-state index is 13.3. The van der Waals surface area contributed by atoms with E-state index in [2.05, 4.69) is 20.9 Å². The largest absolute Gasteiger partial charge is 0.321 e. The lowest BCUT2D eigenvalue weighted by Crippen LogP contribution is -2.00. The highest BCUT2D eigenvalue weighted by Crippen LogP contribution is 2.12. The van der Waals surface area contributed by atoms with Crippen molar-refractivity contribution in [2.24, 2.45) is 0 Å². The summed E-state index contributed by atoms with van der Waals surface area (Å²) in [7, 11) is 0. The third-order valence-electron chi connectivity index (χ3n) is 1.96. The average Bonchev–Trinajstić information content (AvgIpc) is 2.56. The van der Waals surface area contributed by atoms with E-state index in [1.807, 2.05) is 10.6 Å². The smallest absolute Gasteiger partial charge is 0.177 e. The molecular weight excluding hydrogens is 247 g/mol. The summed E-state index contributed by atoms with van der Waals surface area (Å²) in [5, 5.41) is 0. The Hall–Kier alpha value is -1.16. The van der Waals surface area contributed by atoms with Gasteiger partial charge < -0.3 is 4.57 Å². The van der Waals surface area contributed by atoms with Gasteiger partial charge in [-0.1, -0.05) is 18.2 Å². The molecule has 0 atom stereocenters. The Bertz CT molecular complexity index is 439. The molecule has 0 bridgehead atoms. The molecule has 72 valence electrons. The van der Waals surface area contributed by atoms with Crippen molar-refractivity contribution in [3.8, 4) is 0 Å². The summed E-state index contributed by atoms with van der Waals surface area (Å²) in [6, 6.07) is 6.73. The molecular formula is C10H8BrFN2. The maximum atomic E-state index is 13.3. The first-order valence-electron chi connectivity index (χ1n) is 4.17. The highest BCUT2D eigenvalue weighted by molar-refractivity contribution is 9.10. The lowest BCUT2D eigenvalue weighted by atomic mass is 10.2.